The van der Waals surface area contributed by atoms with Gasteiger partial charge in [0.05, 0.1) is 6.10 Å². The first-order chi connectivity index (χ1) is 11.7. The Balaban J connectivity index is 2.09. The molecule has 0 saturated carbocycles. The first kappa shape index (κ1) is 19.3. The van der Waals surface area contributed by atoms with Crippen molar-refractivity contribution in [2.45, 2.75) is 45.5 Å². The summed E-state index contributed by atoms with van der Waals surface area (Å²) in [5.74, 6) is 0.102. The predicted molar refractivity (Wildman–Crippen MR) is 97.9 cm³/mol. The summed E-state index contributed by atoms with van der Waals surface area (Å²) in [5, 5.41) is 11.1. The summed E-state index contributed by atoms with van der Waals surface area (Å²) in [5.41, 5.74) is 0.372. The Bertz CT molecular complexity index is 705. The van der Waals surface area contributed by atoms with Crippen LogP contribution in [0.25, 0.3) is 0 Å². The van der Waals surface area contributed by atoms with Gasteiger partial charge in [0.15, 0.2) is 5.60 Å². The van der Waals surface area contributed by atoms with Gasteiger partial charge in [-0.15, -0.1) is 0 Å². The first-order valence-electron chi connectivity index (χ1n) is 8.12. The summed E-state index contributed by atoms with van der Waals surface area (Å²) in [6, 6.07) is 14.0. The molecule has 5 heteroatoms. The molecule has 134 valence electrons. The van der Waals surface area contributed by atoms with Crippen molar-refractivity contribution < 1.29 is 19.4 Å². The molecule has 4 nitrogen and oxygen atoms in total. The van der Waals surface area contributed by atoms with Crippen LogP contribution in [0.1, 0.15) is 44.9 Å². The van der Waals surface area contributed by atoms with Gasteiger partial charge in [0.25, 0.3) is 0 Å². The normalized spacial score (nSPS) is 12.8. The van der Waals surface area contributed by atoms with E-state index in [1.54, 1.807) is 76.2 Å². The quantitative estimate of drug-likeness (QED) is 0.767. The van der Waals surface area contributed by atoms with Crippen LogP contribution in [-0.4, -0.2) is 22.8 Å². The van der Waals surface area contributed by atoms with E-state index < -0.39 is 17.7 Å². The number of carbonyl (C=O) groups excluding carboxylic acids is 1. The zero-order chi connectivity index (χ0) is 18.6. The number of carbonyl (C=O) groups is 1. The van der Waals surface area contributed by atoms with Crippen LogP contribution in [0.15, 0.2) is 48.5 Å². The number of benzene rings is 2. The highest BCUT2D eigenvalue weighted by molar-refractivity contribution is 6.30. The van der Waals surface area contributed by atoms with Crippen molar-refractivity contribution in [1.82, 2.24) is 0 Å². The van der Waals surface area contributed by atoms with E-state index >= 15 is 0 Å². The third-order valence-corrected chi connectivity index (χ3v) is 3.84. The van der Waals surface area contributed by atoms with Crippen LogP contribution in [0, 0.1) is 0 Å². The van der Waals surface area contributed by atoms with Crippen LogP contribution in [0.5, 0.6) is 5.75 Å². The van der Waals surface area contributed by atoms with Crippen molar-refractivity contribution in [2.75, 3.05) is 0 Å². The third-order valence-electron chi connectivity index (χ3n) is 3.59. The zero-order valence-corrected chi connectivity index (χ0v) is 15.6. The smallest absolute Gasteiger partial charge is 0.350 e. The maximum Gasteiger partial charge on any atom is 0.350 e. The Morgan fingerprint density at radius 1 is 1.00 bits per heavy atom. The molecule has 1 atom stereocenters. The molecule has 0 aliphatic rings. The maximum atomic E-state index is 12.1. The summed E-state index contributed by atoms with van der Waals surface area (Å²) in [6.07, 6.45) is -0.961. The second-order valence-electron chi connectivity index (χ2n) is 6.59. The summed E-state index contributed by atoms with van der Waals surface area (Å²) in [6.45, 7) is 6.91. The van der Waals surface area contributed by atoms with E-state index in [9.17, 15) is 9.90 Å². The molecular weight excluding hydrogens is 340 g/mol. The lowest BCUT2D eigenvalue weighted by atomic mass is 10.0. The zero-order valence-electron chi connectivity index (χ0n) is 14.8. The highest BCUT2D eigenvalue weighted by Gasteiger charge is 2.32. The second-order valence-corrected chi connectivity index (χ2v) is 7.03. The number of esters is 1. The Morgan fingerprint density at radius 3 is 1.96 bits per heavy atom. The van der Waals surface area contributed by atoms with E-state index in [0.29, 0.717) is 10.8 Å². The molecule has 25 heavy (non-hydrogen) atoms. The van der Waals surface area contributed by atoms with Crippen molar-refractivity contribution in [1.29, 1.82) is 0 Å². The number of hydrogen-bond acceptors (Lipinski definition) is 4. The minimum absolute atomic E-state index is 0.202. The van der Waals surface area contributed by atoms with Crippen LogP contribution < -0.4 is 4.74 Å². The Kier molecular flexibility index (Phi) is 6.09. The molecule has 2 aromatic rings. The molecule has 0 radical (unpaired) electrons. The Hall–Kier alpha value is -2.04. The van der Waals surface area contributed by atoms with Crippen LogP contribution in [0.4, 0.5) is 0 Å². The number of rotatable bonds is 6. The average Bonchev–Trinajstić information content (AvgIpc) is 2.54. The molecule has 2 aromatic carbocycles. The Morgan fingerprint density at radius 2 is 1.48 bits per heavy atom. The number of ether oxygens (including phenoxy) is 2. The second kappa shape index (κ2) is 7.89. The number of aliphatic hydroxyl groups is 1. The molecule has 2 rings (SSSR count). The van der Waals surface area contributed by atoms with Crippen molar-refractivity contribution in [3.05, 3.63) is 64.7 Å². The van der Waals surface area contributed by atoms with Gasteiger partial charge in [-0.05, 0) is 63.1 Å². The van der Waals surface area contributed by atoms with Gasteiger partial charge in [-0.3, -0.25) is 0 Å². The summed E-state index contributed by atoms with van der Waals surface area (Å²) < 4.78 is 10.9. The number of halogens is 1. The standard InChI is InChI=1S/C20H23ClO4/c1-13(2)24-19(23)20(3,4)25-17-11-7-15(8-12-17)18(22)14-5-9-16(21)10-6-14/h5-13,18,22H,1-4H3. The number of aliphatic hydroxyl groups excluding tert-OH is 1. The molecule has 0 amide bonds. The third kappa shape index (κ3) is 5.21. The molecule has 0 aliphatic carbocycles. The van der Waals surface area contributed by atoms with E-state index in [2.05, 4.69) is 0 Å². The van der Waals surface area contributed by atoms with Crippen LogP contribution in [0.2, 0.25) is 5.02 Å². The van der Waals surface area contributed by atoms with Gasteiger partial charge in [0, 0.05) is 5.02 Å². The van der Waals surface area contributed by atoms with Gasteiger partial charge in [-0.1, -0.05) is 35.9 Å². The lowest BCUT2D eigenvalue weighted by molar-refractivity contribution is -0.163. The molecule has 0 aromatic heterocycles. The lowest BCUT2D eigenvalue weighted by Gasteiger charge is -2.25. The van der Waals surface area contributed by atoms with E-state index in [1.165, 1.54) is 0 Å². The van der Waals surface area contributed by atoms with Gasteiger partial charge in [0.2, 0.25) is 0 Å². The Labute approximate surface area is 153 Å². The average molecular weight is 363 g/mol. The van der Waals surface area contributed by atoms with Gasteiger partial charge in [0.1, 0.15) is 11.9 Å². The molecule has 0 saturated heterocycles. The summed E-state index contributed by atoms with van der Waals surface area (Å²) in [7, 11) is 0. The minimum atomic E-state index is -1.10. The molecule has 0 heterocycles. The molecule has 0 bridgehead atoms. The van der Waals surface area contributed by atoms with Gasteiger partial charge in [-0.2, -0.15) is 0 Å². The molecule has 0 aliphatic heterocycles. The van der Waals surface area contributed by atoms with Gasteiger partial charge >= 0.3 is 5.97 Å². The van der Waals surface area contributed by atoms with E-state index in [1.807, 2.05) is 0 Å². The lowest BCUT2D eigenvalue weighted by Crippen LogP contribution is -2.40. The van der Waals surface area contributed by atoms with Crippen molar-refractivity contribution >= 4 is 17.6 Å². The highest BCUT2D eigenvalue weighted by atomic mass is 35.5. The van der Waals surface area contributed by atoms with Crippen molar-refractivity contribution in [3.8, 4) is 5.75 Å². The van der Waals surface area contributed by atoms with Gasteiger partial charge < -0.3 is 14.6 Å². The SMILES string of the molecule is CC(C)OC(=O)C(C)(C)Oc1ccc(C(O)c2ccc(Cl)cc2)cc1. The predicted octanol–water partition coefficient (Wildman–Crippen LogP) is 4.53. The van der Waals surface area contributed by atoms with Crippen molar-refractivity contribution in [2.24, 2.45) is 0 Å². The summed E-state index contributed by atoms with van der Waals surface area (Å²) >= 11 is 5.87. The highest BCUT2D eigenvalue weighted by Crippen LogP contribution is 2.26. The molecule has 1 unspecified atom stereocenters. The fourth-order valence-electron chi connectivity index (χ4n) is 2.25. The number of hydrogen-bond donors (Lipinski definition) is 1. The largest absolute Gasteiger partial charge is 0.476 e. The van der Waals surface area contributed by atoms with Crippen LogP contribution in [-0.2, 0) is 9.53 Å². The fraction of sp³-hybridized carbons (Fsp3) is 0.350. The van der Waals surface area contributed by atoms with E-state index in [0.717, 1.165) is 11.1 Å². The van der Waals surface area contributed by atoms with Crippen LogP contribution in [0.3, 0.4) is 0 Å². The molecule has 1 N–H and O–H groups in total. The topological polar surface area (TPSA) is 55.8 Å². The first-order valence-corrected chi connectivity index (χ1v) is 8.50. The monoisotopic (exact) mass is 362 g/mol. The molecule has 0 spiro atoms. The van der Waals surface area contributed by atoms with Gasteiger partial charge in [-0.25, -0.2) is 4.79 Å². The molecule has 0 fully saturated rings. The van der Waals surface area contributed by atoms with Crippen molar-refractivity contribution in [3.63, 3.8) is 0 Å². The fourth-order valence-corrected chi connectivity index (χ4v) is 2.37. The van der Waals surface area contributed by atoms with E-state index in [4.69, 9.17) is 21.1 Å². The van der Waals surface area contributed by atoms with Crippen LogP contribution >= 0.6 is 11.6 Å². The van der Waals surface area contributed by atoms with E-state index in [-0.39, 0.29) is 6.10 Å². The summed E-state index contributed by atoms with van der Waals surface area (Å²) in [4.78, 5) is 12.1. The maximum absolute atomic E-state index is 12.1. The molecular formula is C20H23ClO4. The minimum Gasteiger partial charge on any atom is -0.476 e.